The van der Waals surface area contributed by atoms with E-state index in [9.17, 15) is 13.2 Å². The van der Waals surface area contributed by atoms with Gasteiger partial charge in [-0.25, -0.2) is 13.6 Å². The van der Waals surface area contributed by atoms with Crippen LogP contribution in [0.5, 0.6) is 0 Å². The second-order valence-electron chi connectivity index (χ2n) is 4.82. The molecule has 5 nitrogen and oxygen atoms in total. The van der Waals surface area contributed by atoms with E-state index in [1.807, 2.05) is 31.2 Å². The molecule has 0 saturated heterocycles. The summed E-state index contributed by atoms with van der Waals surface area (Å²) >= 11 is 3.35. The monoisotopic (exact) mass is 382 g/mol. The van der Waals surface area contributed by atoms with E-state index in [1.165, 1.54) is 24.3 Å². The van der Waals surface area contributed by atoms with Crippen LogP contribution in [-0.2, 0) is 10.0 Å². The topological polar surface area (TPSA) is 89.3 Å². The van der Waals surface area contributed by atoms with Crippen LogP contribution in [-0.4, -0.2) is 14.3 Å². The third-order valence-corrected chi connectivity index (χ3v) is 4.58. The summed E-state index contributed by atoms with van der Waals surface area (Å²) in [4.78, 5) is 12.1. The van der Waals surface area contributed by atoms with Gasteiger partial charge in [0.05, 0.1) is 10.9 Å². The molecule has 0 spiro atoms. The molecule has 0 aromatic heterocycles. The number of rotatable bonds is 4. The summed E-state index contributed by atoms with van der Waals surface area (Å²) in [7, 11) is -3.83. The van der Waals surface area contributed by atoms with Crippen molar-refractivity contribution in [3.63, 3.8) is 0 Å². The third-order valence-electron chi connectivity index (χ3n) is 3.14. The molecule has 116 valence electrons. The summed E-state index contributed by atoms with van der Waals surface area (Å²) in [6, 6.07) is 13.0. The standard InChI is InChI=1S/C15H15BrN2O3S/c1-10(11-5-7-13(16)8-6-11)18-15(19)12-3-2-4-14(9-12)22(17,20)21/h2-10H,1H3,(H,18,19)(H2,17,20,21)/t10-/m0/s1. The van der Waals surface area contributed by atoms with E-state index in [-0.39, 0.29) is 22.4 Å². The van der Waals surface area contributed by atoms with Crippen molar-refractivity contribution in [1.29, 1.82) is 0 Å². The second-order valence-corrected chi connectivity index (χ2v) is 7.30. The minimum atomic E-state index is -3.83. The van der Waals surface area contributed by atoms with Crippen molar-refractivity contribution in [2.45, 2.75) is 17.9 Å². The quantitative estimate of drug-likeness (QED) is 0.851. The largest absolute Gasteiger partial charge is 0.346 e. The van der Waals surface area contributed by atoms with E-state index >= 15 is 0 Å². The molecule has 2 aromatic rings. The predicted molar refractivity (Wildman–Crippen MR) is 87.8 cm³/mol. The molecule has 0 aliphatic rings. The van der Waals surface area contributed by atoms with Gasteiger partial charge >= 0.3 is 0 Å². The lowest BCUT2D eigenvalue weighted by molar-refractivity contribution is 0.0939. The highest BCUT2D eigenvalue weighted by molar-refractivity contribution is 9.10. The molecule has 0 aliphatic heterocycles. The first-order valence-corrected chi connectivity index (χ1v) is 8.80. The van der Waals surface area contributed by atoms with E-state index in [0.717, 1.165) is 10.0 Å². The van der Waals surface area contributed by atoms with Crippen molar-refractivity contribution in [2.75, 3.05) is 0 Å². The maximum absolute atomic E-state index is 12.2. The molecule has 7 heteroatoms. The molecule has 2 aromatic carbocycles. The maximum atomic E-state index is 12.2. The smallest absolute Gasteiger partial charge is 0.251 e. The Morgan fingerprint density at radius 1 is 1.18 bits per heavy atom. The first kappa shape index (κ1) is 16.7. The third kappa shape index (κ3) is 4.16. The van der Waals surface area contributed by atoms with Crippen molar-refractivity contribution in [1.82, 2.24) is 5.32 Å². The number of hydrogen-bond acceptors (Lipinski definition) is 3. The minimum absolute atomic E-state index is 0.0866. The summed E-state index contributed by atoms with van der Waals surface area (Å²) in [5, 5.41) is 7.89. The van der Waals surface area contributed by atoms with Gasteiger partial charge < -0.3 is 5.32 Å². The lowest BCUT2D eigenvalue weighted by Gasteiger charge is -2.14. The summed E-state index contributed by atoms with van der Waals surface area (Å²) in [5.41, 5.74) is 1.19. The Balaban J connectivity index is 2.17. The number of halogens is 1. The van der Waals surface area contributed by atoms with Gasteiger partial charge in [0.2, 0.25) is 10.0 Å². The molecule has 0 bridgehead atoms. The fraction of sp³-hybridized carbons (Fsp3) is 0.133. The molecular weight excluding hydrogens is 368 g/mol. The number of nitrogens with two attached hydrogens (primary N) is 1. The molecule has 0 aliphatic carbocycles. The minimum Gasteiger partial charge on any atom is -0.346 e. The average molecular weight is 383 g/mol. The Bertz CT molecular complexity index is 789. The van der Waals surface area contributed by atoms with Gasteiger partial charge in [-0.1, -0.05) is 34.1 Å². The zero-order valence-corrected chi connectivity index (χ0v) is 14.2. The second kappa shape index (κ2) is 6.60. The zero-order valence-electron chi connectivity index (χ0n) is 11.8. The SMILES string of the molecule is C[C@H](NC(=O)c1cccc(S(N)(=O)=O)c1)c1ccc(Br)cc1. The van der Waals surface area contributed by atoms with Gasteiger partial charge in [0, 0.05) is 10.0 Å². The molecule has 2 rings (SSSR count). The number of benzene rings is 2. The summed E-state index contributed by atoms with van der Waals surface area (Å²) in [6.07, 6.45) is 0. The summed E-state index contributed by atoms with van der Waals surface area (Å²) in [6.45, 7) is 1.85. The van der Waals surface area contributed by atoms with Gasteiger partial charge in [-0.15, -0.1) is 0 Å². The molecule has 0 saturated carbocycles. The van der Waals surface area contributed by atoms with Crippen LogP contribution in [0.15, 0.2) is 57.9 Å². The molecule has 3 N–H and O–H groups in total. The Morgan fingerprint density at radius 2 is 1.82 bits per heavy atom. The van der Waals surface area contributed by atoms with Gasteiger partial charge in [0.15, 0.2) is 0 Å². The average Bonchev–Trinajstić information content (AvgIpc) is 2.47. The maximum Gasteiger partial charge on any atom is 0.251 e. The van der Waals surface area contributed by atoms with Crippen LogP contribution in [0.3, 0.4) is 0 Å². The predicted octanol–water partition coefficient (Wildman–Crippen LogP) is 2.59. The van der Waals surface area contributed by atoms with Crippen molar-refractivity contribution < 1.29 is 13.2 Å². The highest BCUT2D eigenvalue weighted by Crippen LogP contribution is 2.17. The van der Waals surface area contributed by atoms with Crippen LogP contribution in [0.1, 0.15) is 28.9 Å². The van der Waals surface area contributed by atoms with Gasteiger partial charge in [0.1, 0.15) is 0 Å². The number of amides is 1. The van der Waals surface area contributed by atoms with Crippen molar-refractivity contribution in [3.8, 4) is 0 Å². The Hall–Kier alpha value is -1.70. The van der Waals surface area contributed by atoms with E-state index in [4.69, 9.17) is 5.14 Å². The van der Waals surface area contributed by atoms with E-state index in [0.29, 0.717) is 0 Å². The van der Waals surface area contributed by atoms with E-state index in [1.54, 1.807) is 0 Å². The van der Waals surface area contributed by atoms with Crippen LogP contribution in [0.4, 0.5) is 0 Å². The fourth-order valence-corrected chi connectivity index (χ4v) is 2.75. The molecule has 0 unspecified atom stereocenters. The van der Waals surface area contributed by atoms with Crippen LogP contribution in [0.2, 0.25) is 0 Å². The Labute approximate surface area is 137 Å². The fourth-order valence-electron chi connectivity index (χ4n) is 1.93. The number of primary sulfonamides is 1. The number of carbonyl (C=O) groups is 1. The summed E-state index contributed by atoms with van der Waals surface area (Å²) < 4.78 is 23.6. The highest BCUT2D eigenvalue weighted by atomic mass is 79.9. The van der Waals surface area contributed by atoms with Crippen molar-refractivity contribution in [2.24, 2.45) is 5.14 Å². The van der Waals surface area contributed by atoms with Crippen LogP contribution in [0, 0.1) is 0 Å². The van der Waals surface area contributed by atoms with Crippen LogP contribution >= 0.6 is 15.9 Å². The highest BCUT2D eigenvalue weighted by Gasteiger charge is 2.14. The molecule has 0 heterocycles. The molecule has 0 fully saturated rings. The van der Waals surface area contributed by atoms with E-state index in [2.05, 4.69) is 21.2 Å². The zero-order chi connectivity index (χ0) is 16.3. The number of nitrogens with one attached hydrogen (secondary N) is 1. The molecular formula is C15H15BrN2O3S. The molecule has 1 atom stereocenters. The van der Waals surface area contributed by atoms with Gasteiger partial charge in [-0.2, -0.15) is 0 Å². The van der Waals surface area contributed by atoms with Crippen LogP contribution in [0.25, 0.3) is 0 Å². The first-order chi connectivity index (χ1) is 10.3. The van der Waals surface area contributed by atoms with Gasteiger partial charge in [0.25, 0.3) is 5.91 Å². The van der Waals surface area contributed by atoms with Crippen molar-refractivity contribution in [3.05, 3.63) is 64.1 Å². The lowest BCUT2D eigenvalue weighted by atomic mass is 10.1. The first-order valence-electron chi connectivity index (χ1n) is 6.46. The molecule has 1 amide bonds. The Kier molecular flexibility index (Phi) is 5.00. The normalized spacial score (nSPS) is 12.7. The molecule has 22 heavy (non-hydrogen) atoms. The number of hydrogen-bond donors (Lipinski definition) is 2. The summed E-state index contributed by atoms with van der Waals surface area (Å²) in [5.74, 6) is -0.360. The van der Waals surface area contributed by atoms with Crippen LogP contribution < -0.4 is 10.5 Å². The number of carbonyl (C=O) groups excluding carboxylic acids is 1. The Morgan fingerprint density at radius 3 is 2.41 bits per heavy atom. The molecule has 0 radical (unpaired) electrons. The van der Waals surface area contributed by atoms with E-state index < -0.39 is 10.0 Å². The van der Waals surface area contributed by atoms with Gasteiger partial charge in [-0.05, 0) is 42.8 Å². The van der Waals surface area contributed by atoms with Crippen molar-refractivity contribution >= 4 is 31.9 Å². The van der Waals surface area contributed by atoms with Gasteiger partial charge in [-0.3, -0.25) is 4.79 Å². The lowest BCUT2D eigenvalue weighted by Crippen LogP contribution is -2.27. The number of sulfonamides is 1.